The Morgan fingerprint density at radius 1 is 1.04 bits per heavy atom. The highest BCUT2D eigenvalue weighted by molar-refractivity contribution is 6.36. The van der Waals surface area contributed by atoms with Crippen molar-refractivity contribution in [2.45, 2.75) is 13.5 Å². The summed E-state index contributed by atoms with van der Waals surface area (Å²) in [5.74, 6) is -0.359. The molecule has 0 spiro atoms. The number of aromatic nitrogens is 1. The van der Waals surface area contributed by atoms with Gasteiger partial charge in [0.05, 0.1) is 21.9 Å². The zero-order chi connectivity index (χ0) is 18.0. The van der Waals surface area contributed by atoms with Crippen molar-refractivity contribution in [3.63, 3.8) is 0 Å². The minimum atomic E-state index is -0.216. The summed E-state index contributed by atoms with van der Waals surface area (Å²) in [6.07, 6.45) is 1.80. The van der Waals surface area contributed by atoms with Crippen molar-refractivity contribution < 1.29 is 9.59 Å². The molecule has 2 aromatic carbocycles. The van der Waals surface area contributed by atoms with Gasteiger partial charge in [-0.2, -0.15) is 0 Å². The van der Waals surface area contributed by atoms with Crippen molar-refractivity contribution >= 4 is 57.3 Å². The van der Waals surface area contributed by atoms with Crippen molar-refractivity contribution in [3.05, 3.63) is 58.7 Å². The van der Waals surface area contributed by atoms with E-state index in [9.17, 15) is 9.59 Å². The molecular formula is C18H15Cl2N3O2. The molecule has 0 aliphatic heterocycles. The zero-order valence-corrected chi connectivity index (χ0v) is 14.9. The number of hydrogen-bond acceptors (Lipinski definition) is 2. The summed E-state index contributed by atoms with van der Waals surface area (Å²) < 4.78 is 1.81. The van der Waals surface area contributed by atoms with Gasteiger partial charge in [0, 0.05) is 23.5 Å². The lowest BCUT2D eigenvalue weighted by Gasteiger charge is -2.10. The smallest absolute Gasteiger partial charge is 0.244 e. The van der Waals surface area contributed by atoms with Gasteiger partial charge in [0.15, 0.2) is 0 Å². The maximum absolute atomic E-state index is 12.3. The summed E-state index contributed by atoms with van der Waals surface area (Å²) in [7, 11) is 0. The number of hydrogen-bond donors (Lipinski definition) is 2. The van der Waals surface area contributed by atoms with Crippen LogP contribution in [0.1, 0.15) is 6.92 Å². The first-order chi connectivity index (χ1) is 11.9. The van der Waals surface area contributed by atoms with Crippen molar-refractivity contribution in [1.82, 2.24) is 4.57 Å². The summed E-state index contributed by atoms with van der Waals surface area (Å²) in [5.41, 5.74) is 2.07. The van der Waals surface area contributed by atoms with Gasteiger partial charge in [-0.25, -0.2) is 0 Å². The fourth-order valence-corrected chi connectivity index (χ4v) is 3.05. The van der Waals surface area contributed by atoms with Crippen molar-refractivity contribution in [3.8, 4) is 0 Å². The summed E-state index contributed by atoms with van der Waals surface area (Å²) in [6, 6.07) is 12.3. The fourth-order valence-electron chi connectivity index (χ4n) is 2.60. The van der Waals surface area contributed by atoms with Crippen LogP contribution in [0.4, 0.5) is 11.4 Å². The highest BCUT2D eigenvalue weighted by atomic mass is 35.5. The predicted molar refractivity (Wildman–Crippen MR) is 101 cm³/mol. The molecule has 1 heterocycles. The molecule has 0 atom stereocenters. The molecule has 2 amide bonds. The molecule has 128 valence electrons. The number of nitrogens with zero attached hydrogens (tertiary/aromatic N) is 1. The number of carbonyl (C=O) groups is 2. The second-order valence-electron chi connectivity index (χ2n) is 5.54. The van der Waals surface area contributed by atoms with Gasteiger partial charge in [0.1, 0.15) is 6.54 Å². The van der Waals surface area contributed by atoms with Crippen LogP contribution < -0.4 is 10.6 Å². The summed E-state index contributed by atoms with van der Waals surface area (Å²) in [6.45, 7) is 1.57. The highest BCUT2D eigenvalue weighted by Gasteiger charge is 2.11. The van der Waals surface area contributed by atoms with Crippen LogP contribution in [0.15, 0.2) is 48.7 Å². The van der Waals surface area contributed by atoms with Gasteiger partial charge in [-0.3, -0.25) is 9.59 Å². The molecule has 0 bridgehead atoms. The molecule has 0 fully saturated rings. The molecular weight excluding hydrogens is 361 g/mol. The molecule has 25 heavy (non-hydrogen) atoms. The van der Waals surface area contributed by atoms with Gasteiger partial charge in [-0.1, -0.05) is 29.3 Å². The van der Waals surface area contributed by atoms with E-state index in [0.29, 0.717) is 21.4 Å². The Morgan fingerprint density at radius 3 is 2.56 bits per heavy atom. The Balaban J connectivity index is 1.81. The van der Waals surface area contributed by atoms with E-state index in [0.717, 1.165) is 10.9 Å². The standard InChI is InChI=1S/C18H15Cl2N3O2/c1-11(24)21-15-3-2-4-17-13(15)7-8-23(17)10-18(25)22-16-6-5-12(19)9-14(16)20/h2-9H,10H2,1H3,(H,21,24)(H,22,25). The first-order valence-electron chi connectivity index (χ1n) is 7.54. The summed E-state index contributed by atoms with van der Waals surface area (Å²) >= 11 is 11.9. The normalized spacial score (nSPS) is 10.7. The minimum Gasteiger partial charge on any atom is -0.338 e. The number of carbonyl (C=O) groups excluding carboxylic acids is 2. The van der Waals surface area contributed by atoms with Crippen LogP contribution in [0.2, 0.25) is 10.0 Å². The minimum absolute atomic E-state index is 0.117. The number of amides is 2. The van der Waals surface area contributed by atoms with E-state index in [4.69, 9.17) is 23.2 Å². The average Bonchev–Trinajstić information content (AvgIpc) is 2.94. The number of benzene rings is 2. The van der Waals surface area contributed by atoms with Crippen LogP contribution in [0.25, 0.3) is 10.9 Å². The van der Waals surface area contributed by atoms with Crippen LogP contribution in [0.3, 0.4) is 0 Å². The van der Waals surface area contributed by atoms with E-state index < -0.39 is 0 Å². The average molecular weight is 376 g/mol. The number of halogens is 2. The Hall–Kier alpha value is -2.50. The Morgan fingerprint density at radius 2 is 1.84 bits per heavy atom. The Bertz CT molecular complexity index is 966. The highest BCUT2D eigenvalue weighted by Crippen LogP contribution is 2.26. The summed E-state index contributed by atoms with van der Waals surface area (Å²) in [5, 5.41) is 7.31. The lowest BCUT2D eigenvalue weighted by atomic mass is 10.2. The SMILES string of the molecule is CC(=O)Nc1cccc2c1ccn2CC(=O)Nc1ccc(Cl)cc1Cl. The third kappa shape index (κ3) is 3.95. The van der Waals surface area contributed by atoms with Gasteiger partial charge < -0.3 is 15.2 Å². The van der Waals surface area contributed by atoms with Gasteiger partial charge in [0.2, 0.25) is 11.8 Å². The third-order valence-electron chi connectivity index (χ3n) is 3.64. The van der Waals surface area contributed by atoms with E-state index in [-0.39, 0.29) is 18.4 Å². The molecule has 0 unspecified atom stereocenters. The van der Waals surface area contributed by atoms with Crippen LogP contribution in [0, 0.1) is 0 Å². The lowest BCUT2D eigenvalue weighted by molar-refractivity contribution is -0.116. The summed E-state index contributed by atoms with van der Waals surface area (Å²) in [4.78, 5) is 23.6. The molecule has 0 saturated carbocycles. The number of anilines is 2. The monoisotopic (exact) mass is 375 g/mol. The number of nitrogens with one attached hydrogen (secondary N) is 2. The molecule has 2 N–H and O–H groups in total. The van der Waals surface area contributed by atoms with Gasteiger partial charge in [-0.15, -0.1) is 0 Å². The zero-order valence-electron chi connectivity index (χ0n) is 13.3. The van der Waals surface area contributed by atoms with Crippen LogP contribution in [0.5, 0.6) is 0 Å². The van der Waals surface area contributed by atoms with Crippen molar-refractivity contribution in [2.24, 2.45) is 0 Å². The second kappa shape index (κ2) is 7.17. The van der Waals surface area contributed by atoms with Crippen LogP contribution in [-0.4, -0.2) is 16.4 Å². The van der Waals surface area contributed by atoms with Crippen molar-refractivity contribution in [2.75, 3.05) is 10.6 Å². The van der Waals surface area contributed by atoms with Gasteiger partial charge in [-0.05, 0) is 36.4 Å². The van der Waals surface area contributed by atoms with E-state index >= 15 is 0 Å². The molecule has 3 aromatic rings. The van der Waals surface area contributed by atoms with Crippen LogP contribution >= 0.6 is 23.2 Å². The Kier molecular flexibility index (Phi) is 4.97. The van der Waals surface area contributed by atoms with E-state index in [1.165, 1.54) is 6.92 Å². The van der Waals surface area contributed by atoms with Crippen LogP contribution in [-0.2, 0) is 16.1 Å². The van der Waals surface area contributed by atoms with E-state index in [2.05, 4.69) is 10.6 Å². The molecule has 0 radical (unpaired) electrons. The molecule has 5 nitrogen and oxygen atoms in total. The second-order valence-corrected chi connectivity index (χ2v) is 6.38. The lowest BCUT2D eigenvalue weighted by Crippen LogP contribution is -2.18. The van der Waals surface area contributed by atoms with Crippen molar-refractivity contribution in [1.29, 1.82) is 0 Å². The predicted octanol–water partition coefficient (Wildman–Crippen LogP) is 4.55. The maximum atomic E-state index is 12.3. The third-order valence-corrected chi connectivity index (χ3v) is 4.19. The largest absolute Gasteiger partial charge is 0.338 e. The maximum Gasteiger partial charge on any atom is 0.244 e. The quantitative estimate of drug-likeness (QED) is 0.702. The molecule has 0 aliphatic rings. The molecule has 0 aliphatic carbocycles. The molecule has 0 saturated heterocycles. The molecule has 1 aromatic heterocycles. The van der Waals surface area contributed by atoms with E-state index in [1.54, 1.807) is 29.0 Å². The topological polar surface area (TPSA) is 63.1 Å². The molecule has 3 rings (SSSR count). The first-order valence-corrected chi connectivity index (χ1v) is 8.30. The van der Waals surface area contributed by atoms with E-state index in [1.807, 2.05) is 24.3 Å². The number of rotatable bonds is 4. The van der Waals surface area contributed by atoms with Gasteiger partial charge in [0.25, 0.3) is 0 Å². The number of fused-ring (bicyclic) bond motifs is 1. The van der Waals surface area contributed by atoms with Gasteiger partial charge >= 0.3 is 0 Å². The Labute approximate surface area is 154 Å². The molecule has 7 heteroatoms. The fraction of sp³-hybridized carbons (Fsp3) is 0.111. The first kappa shape index (κ1) is 17.3.